The van der Waals surface area contributed by atoms with E-state index in [1.807, 2.05) is 12.2 Å². The Hall–Kier alpha value is -1.32. The number of carbonyl (C=O) groups is 2. The van der Waals surface area contributed by atoms with Crippen LogP contribution < -0.4 is 5.32 Å². The minimum atomic E-state index is -0.862. The van der Waals surface area contributed by atoms with Crippen molar-refractivity contribution >= 4 is 11.9 Å². The first-order valence-corrected chi connectivity index (χ1v) is 7.69. The number of carbonyl (C=O) groups excluding carboxylic acids is 1. The minimum absolute atomic E-state index is 0.0762. The Bertz CT molecular complexity index is 405. The summed E-state index contributed by atoms with van der Waals surface area (Å²) in [6.45, 7) is 4.41. The Morgan fingerprint density at radius 2 is 1.75 bits per heavy atom. The van der Waals surface area contributed by atoms with E-state index in [2.05, 4.69) is 19.2 Å². The summed E-state index contributed by atoms with van der Waals surface area (Å²) in [6.07, 6.45) is 8.17. The minimum Gasteiger partial charge on any atom is -0.481 e. The molecule has 4 nitrogen and oxygen atoms in total. The molecule has 2 N–H and O–H groups in total. The van der Waals surface area contributed by atoms with Crippen molar-refractivity contribution in [3.05, 3.63) is 12.2 Å². The van der Waals surface area contributed by atoms with Gasteiger partial charge in [-0.25, -0.2) is 0 Å². The van der Waals surface area contributed by atoms with Crippen LogP contribution in [0.4, 0.5) is 0 Å². The Labute approximate surface area is 120 Å². The van der Waals surface area contributed by atoms with E-state index in [0.29, 0.717) is 24.7 Å². The van der Waals surface area contributed by atoms with Gasteiger partial charge in [0, 0.05) is 6.04 Å². The Kier molecular flexibility index (Phi) is 4.84. The molecular weight excluding hydrogens is 254 g/mol. The number of carboxylic acid groups (broad SMARTS) is 1. The van der Waals surface area contributed by atoms with Gasteiger partial charge in [-0.15, -0.1) is 0 Å². The predicted octanol–water partition coefficient (Wildman–Crippen LogP) is 2.59. The van der Waals surface area contributed by atoms with Crippen molar-refractivity contribution < 1.29 is 14.7 Å². The number of rotatable bonds is 3. The Morgan fingerprint density at radius 1 is 1.10 bits per heavy atom. The molecule has 0 bridgehead atoms. The summed E-state index contributed by atoms with van der Waals surface area (Å²) < 4.78 is 0. The van der Waals surface area contributed by atoms with Gasteiger partial charge < -0.3 is 10.4 Å². The fraction of sp³-hybridized carbons (Fsp3) is 0.750. The lowest BCUT2D eigenvalue weighted by Crippen LogP contribution is -2.48. The molecule has 0 spiro atoms. The van der Waals surface area contributed by atoms with Crippen LogP contribution in [-0.2, 0) is 9.59 Å². The lowest BCUT2D eigenvalue weighted by atomic mass is 9.77. The number of allylic oxidation sites excluding steroid dienone is 2. The standard InChI is InChI=1S/C16H25NO3/c1-10-6-5-9-14(11(10)2)17-15(18)12-7-3-4-8-13(12)16(19)20/h3-4,10-14H,5-9H2,1-2H3,(H,17,18)(H,19,20)/t10?,11?,12-,13+,14?/m1/s1. The molecule has 2 aliphatic carbocycles. The first-order chi connectivity index (χ1) is 9.50. The van der Waals surface area contributed by atoms with Crippen molar-refractivity contribution in [2.75, 3.05) is 0 Å². The van der Waals surface area contributed by atoms with Crippen molar-refractivity contribution in [1.29, 1.82) is 0 Å². The first-order valence-electron chi connectivity index (χ1n) is 7.69. The zero-order valence-corrected chi connectivity index (χ0v) is 12.3. The zero-order chi connectivity index (χ0) is 14.7. The maximum Gasteiger partial charge on any atom is 0.307 e. The van der Waals surface area contributed by atoms with Gasteiger partial charge in [-0.2, -0.15) is 0 Å². The van der Waals surface area contributed by atoms with E-state index in [1.54, 1.807) is 0 Å². The van der Waals surface area contributed by atoms with Gasteiger partial charge in [-0.3, -0.25) is 9.59 Å². The molecule has 3 unspecified atom stereocenters. The third kappa shape index (κ3) is 3.22. The Balaban J connectivity index is 2.00. The molecule has 0 heterocycles. The van der Waals surface area contributed by atoms with Gasteiger partial charge in [-0.05, 0) is 31.1 Å². The molecule has 0 aliphatic heterocycles. The van der Waals surface area contributed by atoms with Crippen molar-refractivity contribution in [3.8, 4) is 0 Å². The molecule has 5 atom stereocenters. The second kappa shape index (κ2) is 6.42. The fourth-order valence-corrected chi connectivity index (χ4v) is 3.45. The van der Waals surface area contributed by atoms with E-state index in [1.165, 1.54) is 6.42 Å². The third-order valence-electron chi connectivity index (χ3n) is 5.12. The second-order valence-electron chi connectivity index (χ2n) is 6.38. The van der Waals surface area contributed by atoms with Crippen molar-refractivity contribution in [2.24, 2.45) is 23.7 Å². The average molecular weight is 279 g/mol. The van der Waals surface area contributed by atoms with E-state index in [-0.39, 0.29) is 11.9 Å². The molecule has 0 radical (unpaired) electrons. The van der Waals surface area contributed by atoms with Gasteiger partial charge in [-0.1, -0.05) is 38.8 Å². The highest BCUT2D eigenvalue weighted by Crippen LogP contribution is 2.31. The number of hydrogen-bond acceptors (Lipinski definition) is 2. The number of amides is 1. The fourth-order valence-electron chi connectivity index (χ4n) is 3.45. The monoisotopic (exact) mass is 279 g/mol. The van der Waals surface area contributed by atoms with Crippen molar-refractivity contribution in [3.63, 3.8) is 0 Å². The largest absolute Gasteiger partial charge is 0.481 e. The van der Waals surface area contributed by atoms with Crippen LogP contribution in [0.2, 0.25) is 0 Å². The number of hydrogen-bond donors (Lipinski definition) is 2. The highest BCUT2D eigenvalue weighted by Gasteiger charge is 2.36. The van der Waals surface area contributed by atoms with Gasteiger partial charge in [0.25, 0.3) is 0 Å². The summed E-state index contributed by atoms with van der Waals surface area (Å²) in [4.78, 5) is 23.7. The topological polar surface area (TPSA) is 66.4 Å². The molecule has 0 saturated heterocycles. The molecule has 20 heavy (non-hydrogen) atoms. The maximum atomic E-state index is 12.4. The molecule has 4 heteroatoms. The normalized spacial score (nSPS) is 37.4. The predicted molar refractivity (Wildman–Crippen MR) is 77.1 cm³/mol. The van der Waals surface area contributed by atoms with Crippen LogP contribution >= 0.6 is 0 Å². The molecule has 1 fully saturated rings. The molecule has 0 aromatic carbocycles. The highest BCUT2D eigenvalue weighted by atomic mass is 16.4. The second-order valence-corrected chi connectivity index (χ2v) is 6.38. The van der Waals surface area contributed by atoms with E-state index < -0.39 is 17.8 Å². The van der Waals surface area contributed by atoms with Crippen LogP contribution in [-0.4, -0.2) is 23.0 Å². The van der Waals surface area contributed by atoms with E-state index in [0.717, 1.165) is 12.8 Å². The molecular formula is C16H25NO3. The lowest BCUT2D eigenvalue weighted by Gasteiger charge is -2.36. The van der Waals surface area contributed by atoms with Crippen LogP contribution in [0, 0.1) is 23.7 Å². The summed E-state index contributed by atoms with van der Waals surface area (Å²) in [5.41, 5.74) is 0. The summed E-state index contributed by atoms with van der Waals surface area (Å²) in [5.74, 6) is -0.837. The van der Waals surface area contributed by atoms with Gasteiger partial charge in [0.1, 0.15) is 0 Å². The van der Waals surface area contributed by atoms with Crippen LogP contribution in [0.1, 0.15) is 46.0 Å². The molecule has 1 amide bonds. The van der Waals surface area contributed by atoms with Gasteiger partial charge in [0.2, 0.25) is 5.91 Å². The smallest absolute Gasteiger partial charge is 0.307 e. The summed E-state index contributed by atoms with van der Waals surface area (Å²) in [5, 5.41) is 12.4. The summed E-state index contributed by atoms with van der Waals surface area (Å²) in [7, 11) is 0. The van der Waals surface area contributed by atoms with Crippen LogP contribution in [0.15, 0.2) is 12.2 Å². The van der Waals surface area contributed by atoms with E-state index >= 15 is 0 Å². The lowest BCUT2D eigenvalue weighted by molar-refractivity contribution is -0.147. The van der Waals surface area contributed by atoms with Gasteiger partial charge in [0.05, 0.1) is 11.8 Å². The highest BCUT2D eigenvalue weighted by molar-refractivity contribution is 5.85. The summed E-state index contributed by atoms with van der Waals surface area (Å²) >= 11 is 0. The van der Waals surface area contributed by atoms with Crippen LogP contribution in [0.25, 0.3) is 0 Å². The number of aliphatic carboxylic acids is 1. The molecule has 112 valence electrons. The van der Waals surface area contributed by atoms with Gasteiger partial charge >= 0.3 is 5.97 Å². The van der Waals surface area contributed by atoms with Crippen molar-refractivity contribution in [2.45, 2.75) is 52.0 Å². The average Bonchev–Trinajstić information content (AvgIpc) is 2.43. The van der Waals surface area contributed by atoms with E-state index in [9.17, 15) is 14.7 Å². The number of carboxylic acids is 1. The zero-order valence-electron chi connectivity index (χ0n) is 12.3. The van der Waals surface area contributed by atoms with Crippen LogP contribution in [0.3, 0.4) is 0 Å². The molecule has 0 aromatic heterocycles. The quantitative estimate of drug-likeness (QED) is 0.780. The molecule has 1 saturated carbocycles. The summed E-state index contributed by atoms with van der Waals surface area (Å²) in [6, 6.07) is 0.201. The first kappa shape index (κ1) is 15.1. The molecule has 2 rings (SSSR count). The molecule has 0 aromatic rings. The van der Waals surface area contributed by atoms with Gasteiger partial charge in [0.15, 0.2) is 0 Å². The SMILES string of the molecule is CC1CCCC(NC(=O)[C@@H]2CC=CC[C@@H]2C(=O)O)C1C. The Morgan fingerprint density at radius 3 is 2.40 bits per heavy atom. The van der Waals surface area contributed by atoms with Crippen molar-refractivity contribution in [1.82, 2.24) is 5.32 Å². The third-order valence-corrected chi connectivity index (χ3v) is 5.12. The van der Waals surface area contributed by atoms with E-state index in [4.69, 9.17) is 0 Å². The molecule has 2 aliphatic rings. The maximum absolute atomic E-state index is 12.4. The van der Waals surface area contributed by atoms with Crippen LogP contribution in [0.5, 0.6) is 0 Å². The number of nitrogens with one attached hydrogen (secondary N) is 1.